The van der Waals surface area contributed by atoms with Crippen LogP contribution in [0.15, 0.2) is 12.1 Å². The maximum absolute atomic E-state index is 12.6. The van der Waals surface area contributed by atoms with Gasteiger partial charge >= 0.3 is 6.18 Å². The van der Waals surface area contributed by atoms with Crippen LogP contribution in [-0.2, 0) is 6.18 Å². The summed E-state index contributed by atoms with van der Waals surface area (Å²) in [7, 11) is 0. The van der Waals surface area contributed by atoms with E-state index in [1.54, 1.807) is 0 Å². The molecule has 0 aromatic heterocycles. The first kappa shape index (κ1) is 15.3. The fourth-order valence-corrected chi connectivity index (χ4v) is 1.70. The van der Waals surface area contributed by atoms with E-state index in [0.717, 1.165) is 0 Å². The maximum atomic E-state index is 12.6. The zero-order valence-electron chi connectivity index (χ0n) is 9.03. The number of rotatable bonds is 4. The summed E-state index contributed by atoms with van der Waals surface area (Å²) in [6.07, 6.45) is -4.90. The fraction of sp³-hybridized carbons (Fsp3) is 0.200. The molecule has 5 nitrogen and oxygen atoms in total. The fourth-order valence-electron chi connectivity index (χ4n) is 1.40. The molecule has 0 N–H and O–H groups in total. The third-order valence-electron chi connectivity index (χ3n) is 2.20. The minimum absolute atomic E-state index is 0.0849. The molecule has 0 spiro atoms. The summed E-state index contributed by atoms with van der Waals surface area (Å²) in [4.78, 5) is 31.9. The average molecular weight is 340 g/mol. The molecule has 0 amide bonds. The predicted octanol–water partition coefficient (Wildman–Crippen LogP) is 3.00. The molecule has 0 saturated heterocycles. The first-order valence-electron chi connectivity index (χ1n) is 4.66. The van der Waals surface area contributed by atoms with Crippen LogP contribution in [0, 0.1) is 10.1 Å². The summed E-state index contributed by atoms with van der Waals surface area (Å²) in [5.41, 5.74) is -3.75. The number of alkyl halides is 4. The second-order valence-electron chi connectivity index (χ2n) is 3.39. The van der Waals surface area contributed by atoms with Crippen LogP contribution in [0.3, 0.4) is 0 Å². The first-order valence-corrected chi connectivity index (χ1v) is 5.78. The molecule has 9 heteroatoms. The van der Waals surface area contributed by atoms with Crippen LogP contribution in [0.4, 0.5) is 18.9 Å². The van der Waals surface area contributed by atoms with E-state index in [-0.39, 0.29) is 6.29 Å². The predicted molar refractivity (Wildman–Crippen MR) is 61.6 cm³/mol. The van der Waals surface area contributed by atoms with Gasteiger partial charge < -0.3 is 0 Å². The lowest BCUT2D eigenvalue weighted by atomic mass is 10.0. The molecule has 1 aromatic rings. The molecule has 0 aliphatic rings. The molecular weight excluding hydrogens is 335 g/mol. The van der Waals surface area contributed by atoms with Gasteiger partial charge in [0.25, 0.3) is 5.69 Å². The molecule has 1 aromatic carbocycles. The van der Waals surface area contributed by atoms with Crippen LogP contribution < -0.4 is 0 Å². The van der Waals surface area contributed by atoms with Gasteiger partial charge in [-0.15, -0.1) is 0 Å². The molecule has 1 rings (SSSR count). The van der Waals surface area contributed by atoms with Crippen molar-refractivity contribution in [1.82, 2.24) is 0 Å². The third kappa shape index (κ3) is 3.16. The number of nitro groups is 1. The van der Waals surface area contributed by atoms with E-state index in [0.29, 0.717) is 12.1 Å². The Labute approximate surface area is 112 Å². The van der Waals surface area contributed by atoms with Crippen LogP contribution in [0.25, 0.3) is 0 Å². The molecule has 0 aliphatic carbocycles. The topological polar surface area (TPSA) is 77.3 Å². The summed E-state index contributed by atoms with van der Waals surface area (Å²) in [5, 5.41) is 10.4. The molecule has 0 unspecified atom stereocenters. The number of Topliss-reactive ketones (excluding diaryl/α,β-unsaturated/α-hetero) is 1. The molecule has 19 heavy (non-hydrogen) atoms. The number of carbonyl (C=O) groups excluding carboxylic acids is 2. The summed E-state index contributed by atoms with van der Waals surface area (Å²) in [6.45, 7) is 0. The smallest absolute Gasteiger partial charge is 0.298 e. The molecule has 0 heterocycles. The zero-order chi connectivity index (χ0) is 14.8. The van der Waals surface area contributed by atoms with Gasteiger partial charge in [-0.3, -0.25) is 19.7 Å². The Morgan fingerprint density at radius 3 is 2.37 bits per heavy atom. The molecule has 0 aliphatic heterocycles. The lowest BCUT2D eigenvalue weighted by Crippen LogP contribution is -2.13. The molecule has 0 atom stereocenters. The van der Waals surface area contributed by atoms with E-state index in [1.807, 2.05) is 0 Å². The molecule has 0 fully saturated rings. The number of aldehydes is 1. The Morgan fingerprint density at radius 2 is 2.00 bits per heavy atom. The van der Waals surface area contributed by atoms with Gasteiger partial charge in [-0.05, 0) is 12.1 Å². The number of carbonyl (C=O) groups is 2. The van der Waals surface area contributed by atoms with Gasteiger partial charge in [0, 0.05) is 0 Å². The van der Waals surface area contributed by atoms with Crippen molar-refractivity contribution in [2.45, 2.75) is 6.18 Å². The van der Waals surface area contributed by atoms with Crippen LogP contribution >= 0.6 is 15.9 Å². The first-order chi connectivity index (χ1) is 8.72. The number of hydrogen-bond acceptors (Lipinski definition) is 4. The Kier molecular flexibility index (Phi) is 4.40. The van der Waals surface area contributed by atoms with Gasteiger partial charge in [0.1, 0.15) is 0 Å². The number of benzene rings is 1. The van der Waals surface area contributed by atoms with Crippen molar-refractivity contribution in [2.75, 3.05) is 5.33 Å². The number of hydrogen-bond donors (Lipinski definition) is 0. The number of nitrogens with zero attached hydrogens (tertiary/aromatic N) is 1. The van der Waals surface area contributed by atoms with Crippen molar-refractivity contribution in [3.63, 3.8) is 0 Å². The van der Waals surface area contributed by atoms with Gasteiger partial charge in [0.05, 0.1) is 26.9 Å². The highest BCUT2D eigenvalue weighted by Crippen LogP contribution is 2.34. The van der Waals surface area contributed by atoms with Crippen molar-refractivity contribution < 1.29 is 27.7 Å². The van der Waals surface area contributed by atoms with Crippen LogP contribution in [-0.4, -0.2) is 22.3 Å². The second-order valence-corrected chi connectivity index (χ2v) is 3.95. The number of ketones is 1. The summed E-state index contributed by atoms with van der Waals surface area (Å²) >= 11 is 2.71. The van der Waals surface area contributed by atoms with Gasteiger partial charge in [-0.1, -0.05) is 15.9 Å². The lowest BCUT2D eigenvalue weighted by molar-refractivity contribution is -0.385. The van der Waals surface area contributed by atoms with Gasteiger partial charge in [-0.2, -0.15) is 13.2 Å². The standard InChI is InChI=1S/C10H5BrF3NO4/c11-3-8(17)7-2-6(10(12,13)14)1-5(4-16)9(7)15(18)19/h1-2,4H,3H2. The summed E-state index contributed by atoms with van der Waals surface area (Å²) in [5.74, 6) is -0.916. The Morgan fingerprint density at radius 1 is 1.42 bits per heavy atom. The summed E-state index contributed by atoms with van der Waals surface area (Å²) in [6, 6.07) is 0.713. The molecule has 0 bridgehead atoms. The van der Waals surface area contributed by atoms with Crippen molar-refractivity contribution >= 4 is 33.7 Å². The monoisotopic (exact) mass is 339 g/mol. The normalized spacial score (nSPS) is 11.2. The van der Waals surface area contributed by atoms with Gasteiger partial charge in [-0.25, -0.2) is 0 Å². The Balaban J connectivity index is 3.69. The minimum Gasteiger partial charge on any atom is -0.298 e. The Hall–Kier alpha value is -1.77. The van der Waals surface area contributed by atoms with E-state index >= 15 is 0 Å². The molecule has 0 saturated carbocycles. The van der Waals surface area contributed by atoms with E-state index in [4.69, 9.17) is 0 Å². The Bertz CT molecular complexity index is 556. The van der Waals surface area contributed by atoms with E-state index in [9.17, 15) is 32.9 Å². The van der Waals surface area contributed by atoms with Crippen molar-refractivity contribution in [2.24, 2.45) is 0 Å². The molecule has 0 radical (unpaired) electrons. The van der Waals surface area contributed by atoms with Gasteiger partial charge in [0.2, 0.25) is 0 Å². The largest absolute Gasteiger partial charge is 0.416 e. The third-order valence-corrected chi connectivity index (χ3v) is 2.71. The van der Waals surface area contributed by atoms with Crippen LogP contribution in [0.2, 0.25) is 0 Å². The maximum Gasteiger partial charge on any atom is 0.416 e. The molecule has 102 valence electrons. The summed E-state index contributed by atoms with van der Waals surface area (Å²) < 4.78 is 37.7. The highest BCUT2D eigenvalue weighted by molar-refractivity contribution is 9.09. The van der Waals surface area contributed by atoms with Crippen molar-refractivity contribution in [1.29, 1.82) is 0 Å². The van der Waals surface area contributed by atoms with Crippen molar-refractivity contribution in [3.05, 3.63) is 38.9 Å². The van der Waals surface area contributed by atoms with E-state index < -0.39 is 44.6 Å². The highest BCUT2D eigenvalue weighted by atomic mass is 79.9. The lowest BCUT2D eigenvalue weighted by Gasteiger charge is -2.10. The zero-order valence-corrected chi connectivity index (χ0v) is 10.6. The average Bonchev–Trinajstić information content (AvgIpc) is 2.34. The quantitative estimate of drug-likeness (QED) is 0.278. The minimum atomic E-state index is -4.81. The van der Waals surface area contributed by atoms with Crippen molar-refractivity contribution in [3.8, 4) is 0 Å². The second kappa shape index (κ2) is 5.47. The van der Waals surface area contributed by atoms with Gasteiger partial charge in [0.15, 0.2) is 12.1 Å². The number of nitro benzene ring substituents is 1. The van der Waals surface area contributed by atoms with E-state index in [1.165, 1.54) is 0 Å². The SMILES string of the molecule is O=Cc1cc(C(F)(F)F)cc(C(=O)CBr)c1[N+](=O)[O-]. The highest BCUT2D eigenvalue weighted by Gasteiger charge is 2.35. The van der Waals surface area contributed by atoms with E-state index in [2.05, 4.69) is 15.9 Å². The molecular formula is C10H5BrF3NO4. The van der Waals surface area contributed by atoms with Crippen LogP contribution in [0.1, 0.15) is 26.3 Å². The number of halogens is 4. The van der Waals surface area contributed by atoms with Crippen LogP contribution in [0.5, 0.6) is 0 Å².